The number of aryl methyl sites for hydroxylation is 1. The van der Waals surface area contributed by atoms with Gasteiger partial charge in [0, 0.05) is 38.8 Å². The molecule has 0 bridgehead atoms. The summed E-state index contributed by atoms with van der Waals surface area (Å²) in [6.07, 6.45) is 1.92. The van der Waals surface area contributed by atoms with E-state index in [-0.39, 0.29) is 23.6 Å². The fraction of sp³-hybridized carbons (Fsp3) is 0.625. The highest BCUT2D eigenvalue weighted by Gasteiger charge is 2.24. The molecule has 1 aromatic heterocycles. The molecule has 0 radical (unpaired) electrons. The normalized spacial score (nSPS) is 15.7. The number of nitriles is 1. The second-order valence-corrected chi connectivity index (χ2v) is 6.08. The molecule has 2 rings (SSSR count). The molecule has 8 nitrogen and oxygen atoms in total. The number of hydrogen-bond acceptors (Lipinski definition) is 6. The van der Waals surface area contributed by atoms with Gasteiger partial charge in [-0.15, -0.1) is 0 Å². The summed E-state index contributed by atoms with van der Waals surface area (Å²) < 4.78 is 4.95. The van der Waals surface area contributed by atoms with Gasteiger partial charge in [0.25, 0.3) is 5.91 Å². The molecule has 1 saturated heterocycles. The average Bonchev–Trinajstić information content (AvgIpc) is 3.01. The molecule has 1 aliphatic heterocycles. The van der Waals surface area contributed by atoms with E-state index in [4.69, 9.17) is 9.78 Å². The molecule has 24 heavy (non-hydrogen) atoms. The first-order valence-electron chi connectivity index (χ1n) is 8.07. The van der Waals surface area contributed by atoms with Crippen LogP contribution < -0.4 is 5.32 Å². The summed E-state index contributed by atoms with van der Waals surface area (Å²) in [5.41, 5.74) is 0.675. The van der Waals surface area contributed by atoms with E-state index >= 15 is 0 Å². The van der Waals surface area contributed by atoms with Crippen molar-refractivity contribution >= 4 is 11.8 Å². The van der Waals surface area contributed by atoms with Gasteiger partial charge in [-0.2, -0.15) is 5.26 Å². The number of likely N-dealkylation sites (tertiary alicyclic amines) is 1. The maximum atomic E-state index is 12.0. The Morgan fingerprint density at radius 3 is 2.79 bits per heavy atom. The predicted molar refractivity (Wildman–Crippen MR) is 86.0 cm³/mol. The fourth-order valence-corrected chi connectivity index (χ4v) is 2.62. The maximum absolute atomic E-state index is 12.0. The number of carbonyl (C=O) groups excluding carboxylic acids is 2. The van der Waals surface area contributed by atoms with Crippen molar-refractivity contribution in [2.24, 2.45) is 0 Å². The molecule has 1 aromatic rings. The molecule has 1 fully saturated rings. The number of rotatable bonds is 6. The van der Waals surface area contributed by atoms with Crippen molar-refractivity contribution in [2.45, 2.75) is 32.2 Å². The number of amides is 2. The molecule has 130 valence electrons. The van der Waals surface area contributed by atoms with Crippen LogP contribution in [0.2, 0.25) is 0 Å². The highest BCUT2D eigenvalue weighted by Crippen LogP contribution is 2.12. The highest BCUT2D eigenvalue weighted by molar-refractivity contribution is 5.91. The van der Waals surface area contributed by atoms with Crippen molar-refractivity contribution in [3.63, 3.8) is 0 Å². The third-order valence-corrected chi connectivity index (χ3v) is 4.12. The molecule has 1 N–H and O–H groups in total. The number of hydrogen-bond donors (Lipinski definition) is 1. The van der Waals surface area contributed by atoms with Crippen molar-refractivity contribution in [3.05, 3.63) is 17.5 Å². The third-order valence-electron chi connectivity index (χ3n) is 4.12. The van der Waals surface area contributed by atoms with Crippen LogP contribution in [0.15, 0.2) is 10.6 Å². The van der Waals surface area contributed by atoms with E-state index in [0.717, 1.165) is 25.9 Å². The molecular formula is C16H23N5O3. The zero-order chi connectivity index (χ0) is 17.5. The third kappa shape index (κ3) is 5.06. The Labute approximate surface area is 141 Å². The van der Waals surface area contributed by atoms with Crippen LogP contribution in [0.4, 0.5) is 0 Å². The number of likely N-dealkylation sites (N-methyl/N-ethyl adjacent to an activating group) is 1. The zero-order valence-corrected chi connectivity index (χ0v) is 14.1. The van der Waals surface area contributed by atoms with Crippen molar-refractivity contribution in [1.82, 2.24) is 20.3 Å². The van der Waals surface area contributed by atoms with Gasteiger partial charge in [0.05, 0.1) is 24.7 Å². The summed E-state index contributed by atoms with van der Waals surface area (Å²) >= 11 is 0. The molecule has 2 heterocycles. The van der Waals surface area contributed by atoms with Gasteiger partial charge < -0.3 is 14.7 Å². The van der Waals surface area contributed by atoms with Gasteiger partial charge in [0.15, 0.2) is 0 Å². The van der Waals surface area contributed by atoms with Crippen molar-refractivity contribution in [1.29, 1.82) is 5.26 Å². The number of aromatic nitrogens is 1. The summed E-state index contributed by atoms with van der Waals surface area (Å²) in [5.74, 6) is -0.00420. The Morgan fingerprint density at radius 1 is 1.50 bits per heavy atom. The summed E-state index contributed by atoms with van der Waals surface area (Å²) in [6.45, 7) is 4.07. The van der Waals surface area contributed by atoms with Gasteiger partial charge in [-0.3, -0.25) is 14.5 Å². The van der Waals surface area contributed by atoms with Gasteiger partial charge in [-0.1, -0.05) is 5.16 Å². The SMILES string of the molecule is Cc1cc(C(=O)NC2CCN(CC(=O)N(C)CCC#N)CC2)on1. The largest absolute Gasteiger partial charge is 0.351 e. The van der Waals surface area contributed by atoms with E-state index in [2.05, 4.69) is 15.4 Å². The van der Waals surface area contributed by atoms with Crippen LogP contribution in [0, 0.1) is 18.3 Å². The van der Waals surface area contributed by atoms with E-state index in [1.54, 1.807) is 24.9 Å². The Balaban J connectivity index is 1.72. The van der Waals surface area contributed by atoms with Crippen molar-refractivity contribution < 1.29 is 14.1 Å². The van der Waals surface area contributed by atoms with Crippen molar-refractivity contribution in [3.8, 4) is 6.07 Å². The van der Waals surface area contributed by atoms with Gasteiger partial charge in [0.1, 0.15) is 0 Å². The van der Waals surface area contributed by atoms with Crippen LogP contribution in [0.3, 0.4) is 0 Å². The van der Waals surface area contributed by atoms with Crippen LogP contribution >= 0.6 is 0 Å². The Bertz CT molecular complexity index is 613. The number of nitrogens with zero attached hydrogens (tertiary/aromatic N) is 4. The molecule has 8 heteroatoms. The van der Waals surface area contributed by atoms with Crippen LogP contribution in [0.1, 0.15) is 35.5 Å². The summed E-state index contributed by atoms with van der Waals surface area (Å²) in [5, 5.41) is 15.2. The molecule has 0 aliphatic carbocycles. The fourth-order valence-electron chi connectivity index (χ4n) is 2.62. The molecule has 0 spiro atoms. The second-order valence-electron chi connectivity index (χ2n) is 6.08. The average molecular weight is 333 g/mol. The Kier molecular flexibility index (Phi) is 6.32. The standard InChI is InChI=1S/C16H23N5O3/c1-12-10-14(24-19-12)16(23)18-13-4-8-21(9-5-13)11-15(22)20(2)7-3-6-17/h10,13H,3-5,7-9,11H2,1-2H3,(H,18,23). The molecule has 2 amide bonds. The van der Waals surface area contributed by atoms with E-state index in [1.807, 2.05) is 6.07 Å². The van der Waals surface area contributed by atoms with E-state index < -0.39 is 0 Å². The van der Waals surface area contributed by atoms with E-state index in [9.17, 15) is 9.59 Å². The summed E-state index contributed by atoms with van der Waals surface area (Å²) in [7, 11) is 1.71. The van der Waals surface area contributed by atoms with Gasteiger partial charge >= 0.3 is 0 Å². The van der Waals surface area contributed by atoms with Crippen molar-refractivity contribution in [2.75, 3.05) is 33.2 Å². The lowest BCUT2D eigenvalue weighted by Crippen LogP contribution is -2.47. The lowest BCUT2D eigenvalue weighted by molar-refractivity contribution is -0.131. The van der Waals surface area contributed by atoms with Gasteiger partial charge in [0.2, 0.25) is 11.7 Å². The van der Waals surface area contributed by atoms with Crippen LogP contribution in [-0.4, -0.2) is 66.0 Å². The predicted octanol–water partition coefficient (Wildman–Crippen LogP) is 0.549. The first kappa shape index (κ1) is 17.9. The Morgan fingerprint density at radius 2 is 2.21 bits per heavy atom. The maximum Gasteiger partial charge on any atom is 0.290 e. The highest BCUT2D eigenvalue weighted by atomic mass is 16.5. The topological polar surface area (TPSA) is 102 Å². The smallest absolute Gasteiger partial charge is 0.290 e. The lowest BCUT2D eigenvalue weighted by atomic mass is 10.0. The zero-order valence-electron chi connectivity index (χ0n) is 14.1. The molecule has 0 aromatic carbocycles. The van der Waals surface area contributed by atoms with Crippen LogP contribution in [0.25, 0.3) is 0 Å². The summed E-state index contributed by atoms with van der Waals surface area (Å²) in [6, 6.07) is 3.72. The number of piperidine rings is 1. The quantitative estimate of drug-likeness (QED) is 0.815. The monoisotopic (exact) mass is 333 g/mol. The minimum atomic E-state index is -0.249. The molecule has 0 unspecified atom stereocenters. The first-order valence-corrected chi connectivity index (χ1v) is 8.07. The number of nitrogens with one attached hydrogen (secondary N) is 1. The molecular weight excluding hydrogens is 310 g/mol. The first-order chi connectivity index (χ1) is 11.5. The second kappa shape index (κ2) is 8.45. The van der Waals surface area contributed by atoms with E-state index in [1.165, 1.54) is 0 Å². The summed E-state index contributed by atoms with van der Waals surface area (Å²) in [4.78, 5) is 27.7. The van der Waals surface area contributed by atoms with Crippen LogP contribution in [0.5, 0.6) is 0 Å². The van der Waals surface area contributed by atoms with Gasteiger partial charge in [-0.25, -0.2) is 0 Å². The Hall–Kier alpha value is -2.40. The van der Waals surface area contributed by atoms with Gasteiger partial charge in [-0.05, 0) is 19.8 Å². The molecule has 0 atom stereocenters. The minimum Gasteiger partial charge on any atom is -0.351 e. The van der Waals surface area contributed by atoms with Crippen LogP contribution in [-0.2, 0) is 4.79 Å². The molecule has 0 saturated carbocycles. The minimum absolute atomic E-state index is 0.0184. The van der Waals surface area contributed by atoms with E-state index in [0.29, 0.717) is 25.2 Å². The molecule has 1 aliphatic rings. The number of carbonyl (C=O) groups is 2. The lowest BCUT2D eigenvalue weighted by Gasteiger charge is -2.32.